The lowest BCUT2D eigenvalue weighted by atomic mass is 9.47. The Balaban J connectivity index is 0.000000980. The maximum atomic E-state index is 10.4. The number of phenols is 2. The van der Waals surface area contributed by atoms with Crippen molar-refractivity contribution < 1.29 is 14.9 Å². The fourth-order valence-electron chi connectivity index (χ4n) is 6.78. The van der Waals surface area contributed by atoms with Crippen LogP contribution in [-0.4, -0.2) is 22.9 Å². The molecule has 0 spiro atoms. The van der Waals surface area contributed by atoms with Crippen molar-refractivity contribution in [3.05, 3.63) is 23.3 Å². The summed E-state index contributed by atoms with van der Waals surface area (Å²) in [5.74, 6) is 2.61. The van der Waals surface area contributed by atoms with E-state index < -0.39 is 0 Å². The van der Waals surface area contributed by atoms with Crippen LogP contribution in [0.15, 0.2) is 12.1 Å². The van der Waals surface area contributed by atoms with Gasteiger partial charge < -0.3 is 20.7 Å². The molecule has 4 N–H and O–H groups in total. The van der Waals surface area contributed by atoms with E-state index in [2.05, 4.69) is 0 Å². The molecule has 4 fully saturated rings. The molecule has 5 aliphatic rings. The van der Waals surface area contributed by atoms with Crippen LogP contribution in [0, 0.1) is 23.2 Å². The number of phenolic OH excluding ortho intramolecular Hbond substituents is 2. The molecule has 6 rings (SSSR count). The van der Waals surface area contributed by atoms with Crippen molar-refractivity contribution in [2.75, 3.05) is 6.54 Å². The molecule has 0 aromatic heterocycles. The van der Waals surface area contributed by atoms with Crippen LogP contribution < -0.4 is 5.73 Å². The van der Waals surface area contributed by atoms with Crippen molar-refractivity contribution in [3.8, 4) is 11.5 Å². The van der Waals surface area contributed by atoms with Gasteiger partial charge in [0.1, 0.15) is 0 Å². The van der Waals surface area contributed by atoms with Crippen molar-refractivity contribution in [2.24, 2.45) is 28.9 Å². The monoisotopic (exact) mass is 381 g/mol. The first-order valence-corrected chi connectivity index (χ1v) is 9.47. The molecule has 1 aromatic carbocycles. The largest absolute Gasteiger partial charge is 0.504 e. The van der Waals surface area contributed by atoms with Gasteiger partial charge in [0.05, 0.1) is 12.2 Å². The second kappa shape index (κ2) is 6.88. The topological polar surface area (TPSA) is 75.7 Å². The molecule has 1 aliphatic heterocycles. The summed E-state index contributed by atoms with van der Waals surface area (Å²) in [6, 6.07) is 3.41. The zero-order valence-electron chi connectivity index (χ0n) is 14.5. The third kappa shape index (κ3) is 2.81. The van der Waals surface area contributed by atoms with Gasteiger partial charge in [-0.25, -0.2) is 0 Å². The first kappa shape index (κ1) is 19.8. The summed E-state index contributed by atoms with van der Waals surface area (Å²) in [5, 5.41) is 20.3. The maximum Gasteiger partial charge on any atom is 0.161 e. The third-order valence-electron chi connectivity index (χ3n) is 7.35. The molecule has 4 bridgehead atoms. The molecule has 5 heteroatoms. The zero-order valence-corrected chi connectivity index (χ0v) is 15.3. The Bertz CT molecular complexity index is 642. The molecule has 4 saturated carbocycles. The van der Waals surface area contributed by atoms with E-state index in [4.69, 9.17) is 10.5 Å². The van der Waals surface area contributed by atoms with E-state index in [0.29, 0.717) is 13.0 Å². The lowest BCUT2D eigenvalue weighted by Crippen LogP contribution is -2.54. The molecule has 2 atom stereocenters. The van der Waals surface area contributed by atoms with Gasteiger partial charge in [0.15, 0.2) is 11.5 Å². The Hall–Kier alpha value is -0.970. The predicted molar refractivity (Wildman–Crippen MR) is 105 cm³/mol. The van der Waals surface area contributed by atoms with Crippen molar-refractivity contribution in [1.82, 2.24) is 0 Å². The number of fused-ring (bicyclic) bond motifs is 1. The minimum Gasteiger partial charge on any atom is -0.504 e. The SMILES string of the molecule is C.Cl.NC[C@@H]1O[C@H](C23CC4CC(CC(C4)C2)C3)Cc2c1ccc(O)c2O. The number of nitrogens with two attached hydrogens (primary N) is 1. The Labute approximate surface area is 162 Å². The van der Waals surface area contributed by atoms with Crippen LogP contribution in [0.2, 0.25) is 0 Å². The highest BCUT2D eigenvalue weighted by molar-refractivity contribution is 5.85. The fourth-order valence-corrected chi connectivity index (χ4v) is 6.78. The summed E-state index contributed by atoms with van der Waals surface area (Å²) in [6.45, 7) is 0.417. The molecule has 1 heterocycles. The van der Waals surface area contributed by atoms with Gasteiger partial charge in [0.2, 0.25) is 0 Å². The van der Waals surface area contributed by atoms with Crippen LogP contribution in [0.25, 0.3) is 0 Å². The average Bonchev–Trinajstić information content (AvgIpc) is 2.56. The number of ether oxygens (including phenoxy) is 1. The highest BCUT2D eigenvalue weighted by atomic mass is 35.5. The van der Waals surface area contributed by atoms with Gasteiger partial charge in [-0.2, -0.15) is 0 Å². The Morgan fingerprint density at radius 3 is 2.15 bits per heavy atom. The van der Waals surface area contributed by atoms with Crippen molar-refractivity contribution in [3.63, 3.8) is 0 Å². The van der Waals surface area contributed by atoms with Crippen LogP contribution in [0.5, 0.6) is 11.5 Å². The van der Waals surface area contributed by atoms with Gasteiger partial charge in [-0.15, -0.1) is 12.4 Å². The standard InChI is InChI=1S/C20H27NO3.CH4.ClH/c21-10-17-14-1-2-16(22)19(23)15(14)6-18(24-17)20-7-11-3-12(8-20)5-13(4-11)9-20;;/h1-2,11-13,17-18,22-23H,3-10,21H2;1H4;1H/t11?,12?,13?,17-,18-,20?;;/m0../s1. The average molecular weight is 382 g/mol. The molecule has 0 saturated heterocycles. The highest BCUT2D eigenvalue weighted by Gasteiger charge is 2.55. The van der Waals surface area contributed by atoms with Crippen molar-refractivity contribution >= 4 is 12.4 Å². The van der Waals surface area contributed by atoms with Crippen LogP contribution in [-0.2, 0) is 11.2 Å². The van der Waals surface area contributed by atoms with E-state index in [9.17, 15) is 10.2 Å². The number of hydrogen-bond acceptors (Lipinski definition) is 4. The van der Waals surface area contributed by atoms with E-state index in [-0.39, 0.29) is 49.0 Å². The predicted octanol–water partition coefficient (Wildman–Crippen LogP) is 4.31. The lowest BCUT2D eigenvalue weighted by molar-refractivity contribution is -0.165. The Morgan fingerprint density at radius 1 is 1.04 bits per heavy atom. The summed E-state index contributed by atoms with van der Waals surface area (Å²) in [5.41, 5.74) is 8.06. The summed E-state index contributed by atoms with van der Waals surface area (Å²) in [7, 11) is 0. The lowest BCUT2D eigenvalue weighted by Gasteiger charge is -2.60. The van der Waals surface area contributed by atoms with E-state index in [1.807, 2.05) is 6.07 Å². The molecule has 26 heavy (non-hydrogen) atoms. The molecule has 0 radical (unpaired) electrons. The number of rotatable bonds is 2. The molecule has 0 unspecified atom stereocenters. The minimum atomic E-state index is -0.168. The number of halogens is 1. The second-order valence-corrected chi connectivity index (χ2v) is 8.83. The molecule has 1 aromatic rings. The van der Waals surface area contributed by atoms with E-state index in [1.165, 1.54) is 38.5 Å². The normalized spacial score (nSPS) is 39.7. The smallest absolute Gasteiger partial charge is 0.161 e. The van der Waals surface area contributed by atoms with Crippen molar-refractivity contribution in [1.29, 1.82) is 0 Å². The van der Waals surface area contributed by atoms with E-state index in [1.54, 1.807) is 6.07 Å². The second-order valence-electron chi connectivity index (χ2n) is 8.83. The Kier molecular flexibility index (Phi) is 5.24. The van der Waals surface area contributed by atoms with Gasteiger partial charge in [-0.1, -0.05) is 13.5 Å². The maximum absolute atomic E-state index is 10.4. The fraction of sp³-hybridized carbons (Fsp3) is 0.714. The molecular weight excluding hydrogens is 350 g/mol. The molecule has 4 aliphatic carbocycles. The van der Waals surface area contributed by atoms with Crippen molar-refractivity contribution in [2.45, 2.75) is 64.6 Å². The van der Waals surface area contributed by atoms with Gasteiger partial charge in [-0.3, -0.25) is 0 Å². The number of aromatic hydroxyl groups is 2. The van der Waals surface area contributed by atoms with Gasteiger partial charge in [0.25, 0.3) is 0 Å². The molecule has 4 nitrogen and oxygen atoms in total. The van der Waals surface area contributed by atoms with Crippen LogP contribution in [0.4, 0.5) is 0 Å². The first-order valence-electron chi connectivity index (χ1n) is 9.47. The molecule has 0 amide bonds. The van der Waals surface area contributed by atoms with E-state index in [0.717, 1.165) is 28.9 Å². The summed E-state index contributed by atoms with van der Waals surface area (Å²) < 4.78 is 6.52. The van der Waals surface area contributed by atoms with Crippen LogP contribution in [0.1, 0.15) is 63.2 Å². The van der Waals surface area contributed by atoms with Gasteiger partial charge in [0, 0.05) is 18.5 Å². The Morgan fingerprint density at radius 2 is 1.62 bits per heavy atom. The summed E-state index contributed by atoms with van der Waals surface area (Å²) in [6.07, 6.45) is 8.72. The number of hydrogen-bond donors (Lipinski definition) is 3. The summed E-state index contributed by atoms with van der Waals surface area (Å²) >= 11 is 0. The molecular formula is C21H32ClNO3. The quantitative estimate of drug-likeness (QED) is 0.667. The minimum absolute atomic E-state index is 0. The van der Waals surface area contributed by atoms with Gasteiger partial charge >= 0.3 is 0 Å². The van der Waals surface area contributed by atoms with E-state index >= 15 is 0 Å². The highest BCUT2D eigenvalue weighted by Crippen LogP contribution is 2.63. The van der Waals surface area contributed by atoms with Crippen LogP contribution >= 0.6 is 12.4 Å². The molecule has 146 valence electrons. The summed E-state index contributed by atoms with van der Waals surface area (Å²) in [4.78, 5) is 0. The third-order valence-corrected chi connectivity index (χ3v) is 7.35. The number of benzene rings is 1. The first-order chi connectivity index (χ1) is 11.6. The zero-order chi connectivity index (χ0) is 16.5. The van der Waals surface area contributed by atoms with Crippen LogP contribution in [0.3, 0.4) is 0 Å². The van der Waals surface area contributed by atoms with Gasteiger partial charge in [-0.05, 0) is 73.3 Å².